The summed E-state index contributed by atoms with van der Waals surface area (Å²) in [4.78, 5) is 5.28. The van der Waals surface area contributed by atoms with E-state index in [1.54, 1.807) is 12.1 Å². The van der Waals surface area contributed by atoms with Crippen LogP contribution in [-0.2, 0) is 6.61 Å². The number of aliphatic hydroxyl groups excluding tert-OH is 1. The molecule has 0 unspecified atom stereocenters. The molecule has 0 aliphatic carbocycles. The van der Waals surface area contributed by atoms with Crippen LogP contribution in [0.1, 0.15) is 10.6 Å². The first-order valence-electron chi connectivity index (χ1n) is 4.64. The largest absolute Gasteiger partial charge is 0.390 e. The van der Waals surface area contributed by atoms with Crippen molar-refractivity contribution in [1.82, 2.24) is 4.98 Å². The summed E-state index contributed by atoms with van der Waals surface area (Å²) in [6.07, 6.45) is 0. The highest BCUT2D eigenvalue weighted by Gasteiger charge is 2.10. The van der Waals surface area contributed by atoms with Gasteiger partial charge in [-0.05, 0) is 41.1 Å². The lowest BCUT2D eigenvalue weighted by Gasteiger charge is -1.98. The van der Waals surface area contributed by atoms with Crippen LogP contribution in [-0.4, -0.2) is 10.1 Å². The van der Waals surface area contributed by atoms with Crippen LogP contribution >= 0.6 is 27.3 Å². The molecule has 0 fully saturated rings. The van der Waals surface area contributed by atoms with E-state index in [0.29, 0.717) is 10.2 Å². The molecule has 2 aromatic rings. The molecule has 0 aliphatic heterocycles. The van der Waals surface area contributed by atoms with E-state index >= 15 is 0 Å². The third-order valence-electron chi connectivity index (χ3n) is 2.21. The SMILES string of the molecule is Cc1sc(-c2ccc(F)c(Br)c2)nc1CO. The molecule has 0 atom stereocenters. The minimum atomic E-state index is -0.292. The maximum absolute atomic E-state index is 13.1. The number of aromatic nitrogens is 1. The Balaban J connectivity index is 2.46. The number of hydrogen-bond donors (Lipinski definition) is 1. The van der Waals surface area contributed by atoms with Gasteiger partial charge in [-0.3, -0.25) is 0 Å². The van der Waals surface area contributed by atoms with Gasteiger partial charge in [0, 0.05) is 10.4 Å². The van der Waals surface area contributed by atoms with Gasteiger partial charge in [-0.15, -0.1) is 11.3 Å². The van der Waals surface area contributed by atoms with Crippen molar-refractivity contribution in [2.24, 2.45) is 0 Å². The minimum Gasteiger partial charge on any atom is -0.390 e. The lowest BCUT2D eigenvalue weighted by atomic mass is 10.2. The van der Waals surface area contributed by atoms with Crippen molar-refractivity contribution in [3.8, 4) is 10.6 Å². The Hall–Kier alpha value is -0.780. The van der Waals surface area contributed by atoms with Crippen molar-refractivity contribution in [3.05, 3.63) is 39.1 Å². The highest BCUT2D eigenvalue weighted by Crippen LogP contribution is 2.30. The summed E-state index contributed by atoms with van der Waals surface area (Å²) in [6.45, 7) is 1.84. The number of nitrogens with zero attached hydrogens (tertiary/aromatic N) is 1. The summed E-state index contributed by atoms with van der Waals surface area (Å²) in [5, 5.41) is 9.85. The Morgan fingerprint density at radius 1 is 1.50 bits per heavy atom. The Morgan fingerprint density at radius 2 is 2.25 bits per heavy atom. The molecule has 2 rings (SSSR count). The van der Waals surface area contributed by atoms with Crippen LogP contribution in [0.2, 0.25) is 0 Å². The Bertz CT molecular complexity index is 527. The molecule has 0 amide bonds. The van der Waals surface area contributed by atoms with Gasteiger partial charge in [-0.25, -0.2) is 9.37 Å². The third kappa shape index (κ3) is 2.16. The van der Waals surface area contributed by atoms with E-state index < -0.39 is 0 Å². The second kappa shape index (κ2) is 4.61. The first-order chi connectivity index (χ1) is 7.61. The van der Waals surface area contributed by atoms with Gasteiger partial charge < -0.3 is 5.11 Å². The smallest absolute Gasteiger partial charge is 0.137 e. The normalized spacial score (nSPS) is 10.8. The molecule has 2 nitrogen and oxygen atoms in total. The zero-order valence-electron chi connectivity index (χ0n) is 8.50. The second-order valence-corrected chi connectivity index (χ2v) is 5.37. The summed E-state index contributed by atoms with van der Waals surface area (Å²) >= 11 is 4.63. The predicted molar refractivity (Wildman–Crippen MR) is 65.9 cm³/mol. The van der Waals surface area contributed by atoms with Crippen LogP contribution in [0.4, 0.5) is 4.39 Å². The maximum Gasteiger partial charge on any atom is 0.137 e. The molecular formula is C11H9BrFNOS. The van der Waals surface area contributed by atoms with Gasteiger partial charge in [0.25, 0.3) is 0 Å². The third-order valence-corrected chi connectivity index (χ3v) is 3.88. The van der Waals surface area contributed by atoms with Gasteiger partial charge in [0.2, 0.25) is 0 Å². The zero-order valence-corrected chi connectivity index (χ0v) is 10.9. The van der Waals surface area contributed by atoms with Gasteiger partial charge in [0.05, 0.1) is 16.8 Å². The quantitative estimate of drug-likeness (QED) is 0.921. The standard InChI is InChI=1S/C11H9BrFNOS/c1-6-10(5-15)14-11(16-6)7-2-3-9(13)8(12)4-7/h2-4,15H,5H2,1H3. The zero-order chi connectivity index (χ0) is 11.7. The molecule has 5 heteroatoms. The lowest BCUT2D eigenvalue weighted by molar-refractivity contribution is 0.277. The van der Waals surface area contributed by atoms with Crippen LogP contribution in [0.3, 0.4) is 0 Å². The van der Waals surface area contributed by atoms with Gasteiger partial charge in [0.1, 0.15) is 10.8 Å². The van der Waals surface area contributed by atoms with Crippen molar-refractivity contribution in [3.63, 3.8) is 0 Å². The number of thiazole rings is 1. The van der Waals surface area contributed by atoms with Crippen LogP contribution in [0.15, 0.2) is 22.7 Å². The molecule has 1 aromatic heterocycles. The fourth-order valence-electron chi connectivity index (χ4n) is 1.33. The summed E-state index contributed by atoms with van der Waals surface area (Å²) < 4.78 is 13.5. The topological polar surface area (TPSA) is 33.1 Å². The molecule has 1 heterocycles. The first kappa shape index (κ1) is 11.7. The van der Waals surface area contributed by atoms with Crippen molar-refractivity contribution in [2.45, 2.75) is 13.5 Å². The van der Waals surface area contributed by atoms with E-state index in [-0.39, 0.29) is 12.4 Å². The fraction of sp³-hybridized carbons (Fsp3) is 0.182. The minimum absolute atomic E-state index is 0.0648. The second-order valence-electron chi connectivity index (χ2n) is 3.31. The number of benzene rings is 1. The van der Waals surface area contributed by atoms with Crippen LogP contribution in [0.25, 0.3) is 10.6 Å². The Labute approximate surface area is 105 Å². The average Bonchev–Trinajstić information content (AvgIpc) is 2.64. The molecular weight excluding hydrogens is 293 g/mol. The molecule has 0 bridgehead atoms. The molecule has 0 saturated carbocycles. The van der Waals surface area contributed by atoms with Crippen LogP contribution < -0.4 is 0 Å². The average molecular weight is 302 g/mol. The van der Waals surface area contributed by atoms with E-state index in [2.05, 4.69) is 20.9 Å². The van der Waals surface area contributed by atoms with Gasteiger partial charge in [-0.1, -0.05) is 0 Å². The molecule has 1 N–H and O–H groups in total. The van der Waals surface area contributed by atoms with Crippen LogP contribution in [0, 0.1) is 12.7 Å². The van der Waals surface area contributed by atoms with Gasteiger partial charge >= 0.3 is 0 Å². The summed E-state index contributed by atoms with van der Waals surface area (Å²) in [5.74, 6) is -0.292. The van der Waals surface area contributed by atoms with Crippen molar-refractivity contribution >= 4 is 27.3 Å². The van der Waals surface area contributed by atoms with Crippen molar-refractivity contribution in [1.29, 1.82) is 0 Å². The number of hydrogen-bond acceptors (Lipinski definition) is 3. The van der Waals surface area contributed by atoms with Gasteiger partial charge in [0.15, 0.2) is 0 Å². The molecule has 0 radical (unpaired) electrons. The fourth-order valence-corrected chi connectivity index (χ4v) is 2.62. The molecule has 0 saturated heterocycles. The summed E-state index contributed by atoms with van der Waals surface area (Å²) in [5.41, 5.74) is 1.53. The lowest BCUT2D eigenvalue weighted by Crippen LogP contribution is -1.86. The predicted octanol–water partition coefficient (Wildman–Crippen LogP) is 3.51. The van der Waals surface area contributed by atoms with E-state index in [1.165, 1.54) is 17.4 Å². The highest BCUT2D eigenvalue weighted by molar-refractivity contribution is 9.10. The maximum atomic E-state index is 13.1. The van der Waals surface area contributed by atoms with E-state index in [4.69, 9.17) is 5.11 Å². The van der Waals surface area contributed by atoms with Gasteiger partial charge in [-0.2, -0.15) is 0 Å². The molecule has 0 spiro atoms. The molecule has 0 aliphatic rings. The molecule has 1 aromatic carbocycles. The van der Waals surface area contributed by atoms with E-state index in [0.717, 1.165) is 15.4 Å². The summed E-state index contributed by atoms with van der Waals surface area (Å²) in [7, 11) is 0. The van der Waals surface area contributed by atoms with Crippen molar-refractivity contribution in [2.75, 3.05) is 0 Å². The summed E-state index contributed by atoms with van der Waals surface area (Å²) in [6, 6.07) is 4.77. The molecule has 16 heavy (non-hydrogen) atoms. The highest BCUT2D eigenvalue weighted by atomic mass is 79.9. The van der Waals surface area contributed by atoms with Crippen LogP contribution in [0.5, 0.6) is 0 Å². The first-order valence-corrected chi connectivity index (χ1v) is 6.25. The Morgan fingerprint density at radius 3 is 2.81 bits per heavy atom. The Kier molecular flexibility index (Phi) is 3.37. The van der Waals surface area contributed by atoms with E-state index in [9.17, 15) is 4.39 Å². The monoisotopic (exact) mass is 301 g/mol. The number of rotatable bonds is 2. The van der Waals surface area contributed by atoms with E-state index in [1.807, 2.05) is 6.92 Å². The number of halogens is 2. The molecule has 84 valence electrons. The number of aliphatic hydroxyl groups is 1. The number of aryl methyl sites for hydroxylation is 1. The van der Waals surface area contributed by atoms with Crippen molar-refractivity contribution < 1.29 is 9.50 Å².